The van der Waals surface area contributed by atoms with Gasteiger partial charge in [0.1, 0.15) is 5.69 Å². The van der Waals surface area contributed by atoms with E-state index in [1.54, 1.807) is 14.2 Å². The highest BCUT2D eigenvalue weighted by atomic mass is 16.5. The van der Waals surface area contributed by atoms with Crippen LogP contribution in [-0.2, 0) is 4.74 Å². The van der Waals surface area contributed by atoms with Crippen LogP contribution in [0, 0.1) is 13.8 Å². The predicted octanol–water partition coefficient (Wildman–Crippen LogP) is 4.26. The number of esters is 1. The van der Waals surface area contributed by atoms with Gasteiger partial charge in [-0.15, -0.1) is 0 Å². The number of nitrogens with one attached hydrogen (secondary N) is 1. The molecule has 0 saturated carbocycles. The van der Waals surface area contributed by atoms with Gasteiger partial charge >= 0.3 is 5.97 Å². The summed E-state index contributed by atoms with van der Waals surface area (Å²) in [5.74, 6) is 0.789. The van der Waals surface area contributed by atoms with Crippen LogP contribution < -0.4 is 9.47 Å². The lowest BCUT2D eigenvalue weighted by Gasteiger charge is -2.09. The van der Waals surface area contributed by atoms with E-state index in [1.165, 1.54) is 12.7 Å². The van der Waals surface area contributed by atoms with Gasteiger partial charge < -0.3 is 19.2 Å². The Balaban J connectivity index is 2.36. The van der Waals surface area contributed by atoms with Crippen molar-refractivity contribution in [3.63, 3.8) is 0 Å². The van der Waals surface area contributed by atoms with Gasteiger partial charge in [-0.3, -0.25) is 0 Å². The Kier molecular flexibility index (Phi) is 4.40. The van der Waals surface area contributed by atoms with Crippen molar-refractivity contribution in [2.24, 2.45) is 0 Å². The number of hydrogen-bond donors (Lipinski definition) is 1. The minimum atomic E-state index is -0.414. The van der Waals surface area contributed by atoms with E-state index in [0.717, 1.165) is 27.6 Å². The third-order valence-corrected chi connectivity index (χ3v) is 4.49. The standard InChI is InChI=1S/C20H21NO4/c1-11-6-7-13(8-12(11)2)18-14-9-16(23-3)17(24-4)10-15(14)21-19(18)20(22)25-5/h6-10,21H,1-5H3. The molecular formula is C20H21NO4. The fourth-order valence-corrected chi connectivity index (χ4v) is 2.97. The molecule has 1 N–H and O–H groups in total. The number of carbonyl (C=O) groups excluding carboxylic acids is 1. The Hall–Kier alpha value is -2.95. The number of benzene rings is 2. The van der Waals surface area contributed by atoms with E-state index in [-0.39, 0.29) is 0 Å². The summed E-state index contributed by atoms with van der Waals surface area (Å²) in [6.07, 6.45) is 0. The highest BCUT2D eigenvalue weighted by molar-refractivity contribution is 6.08. The summed E-state index contributed by atoms with van der Waals surface area (Å²) in [4.78, 5) is 15.5. The van der Waals surface area contributed by atoms with Crippen LogP contribution in [0.3, 0.4) is 0 Å². The number of methoxy groups -OCH3 is 3. The highest BCUT2D eigenvalue weighted by Gasteiger charge is 2.22. The molecule has 0 fully saturated rings. The molecule has 1 heterocycles. The Morgan fingerprint density at radius 2 is 1.60 bits per heavy atom. The molecule has 0 bridgehead atoms. The topological polar surface area (TPSA) is 60.6 Å². The Labute approximate surface area is 146 Å². The molecule has 0 aliphatic heterocycles. The minimum absolute atomic E-state index is 0.413. The van der Waals surface area contributed by atoms with E-state index in [9.17, 15) is 4.79 Å². The van der Waals surface area contributed by atoms with Crippen LogP contribution in [0.1, 0.15) is 21.6 Å². The number of aryl methyl sites for hydroxylation is 2. The number of fused-ring (bicyclic) bond motifs is 1. The molecule has 5 heteroatoms. The number of rotatable bonds is 4. The van der Waals surface area contributed by atoms with Crippen LogP contribution in [0.5, 0.6) is 11.5 Å². The second-order valence-corrected chi connectivity index (χ2v) is 5.92. The van der Waals surface area contributed by atoms with E-state index in [1.807, 2.05) is 24.3 Å². The zero-order chi connectivity index (χ0) is 18.1. The molecule has 5 nitrogen and oxygen atoms in total. The first-order valence-corrected chi connectivity index (χ1v) is 7.93. The van der Waals surface area contributed by atoms with Crippen molar-refractivity contribution in [1.29, 1.82) is 0 Å². The molecule has 0 aliphatic carbocycles. The summed E-state index contributed by atoms with van der Waals surface area (Å²) < 4.78 is 15.7. The normalized spacial score (nSPS) is 10.8. The van der Waals surface area contributed by atoms with E-state index >= 15 is 0 Å². The molecule has 0 spiro atoms. The van der Waals surface area contributed by atoms with Gasteiger partial charge in [0.05, 0.1) is 26.8 Å². The van der Waals surface area contributed by atoms with E-state index in [4.69, 9.17) is 14.2 Å². The summed E-state index contributed by atoms with van der Waals surface area (Å²) >= 11 is 0. The van der Waals surface area contributed by atoms with Crippen LogP contribution in [0.15, 0.2) is 30.3 Å². The number of aromatic nitrogens is 1. The summed E-state index contributed by atoms with van der Waals surface area (Å²) in [5, 5.41) is 0.876. The van der Waals surface area contributed by atoms with E-state index in [2.05, 4.69) is 24.9 Å². The number of H-pyrrole nitrogens is 1. The van der Waals surface area contributed by atoms with Crippen LogP contribution in [0.4, 0.5) is 0 Å². The molecule has 2 aromatic carbocycles. The second kappa shape index (κ2) is 6.51. The van der Waals surface area contributed by atoms with Crippen LogP contribution in [0.2, 0.25) is 0 Å². The molecule has 0 amide bonds. The quantitative estimate of drug-likeness (QED) is 0.722. The van der Waals surface area contributed by atoms with Crippen molar-refractivity contribution in [2.75, 3.05) is 21.3 Å². The van der Waals surface area contributed by atoms with Gasteiger partial charge in [0.2, 0.25) is 0 Å². The first kappa shape index (κ1) is 16.9. The van der Waals surface area contributed by atoms with Crippen molar-refractivity contribution in [2.45, 2.75) is 13.8 Å². The van der Waals surface area contributed by atoms with Gasteiger partial charge in [0.25, 0.3) is 0 Å². The Bertz CT molecular complexity index is 956. The Morgan fingerprint density at radius 3 is 2.20 bits per heavy atom. The van der Waals surface area contributed by atoms with Crippen LogP contribution >= 0.6 is 0 Å². The van der Waals surface area contributed by atoms with Gasteiger partial charge in [0.15, 0.2) is 11.5 Å². The summed E-state index contributed by atoms with van der Waals surface area (Å²) in [6.45, 7) is 4.11. The molecule has 0 saturated heterocycles. The van der Waals surface area contributed by atoms with Gasteiger partial charge in [0, 0.05) is 17.0 Å². The second-order valence-electron chi connectivity index (χ2n) is 5.92. The minimum Gasteiger partial charge on any atom is -0.493 e. The van der Waals surface area contributed by atoms with E-state index < -0.39 is 5.97 Å². The number of aromatic amines is 1. The lowest BCUT2D eigenvalue weighted by Crippen LogP contribution is -2.03. The van der Waals surface area contributed by atoms with Gasteiger partial charge in [-0.1, -0.05) is 18.2 Å². The molecule has 0 aliphatic rings. The van der Waals surface area contributed by atoms with Crippen molar-refractivity contribution in [3.8, 4) is 22.6 Å². The molecule has 3 rings (SSSR count). The largest absolute Gasteiger partial charge is 0.493 e. The van der Waals surface area contributed by atoms with Crippen LogP contribution in [-0.4, -0.2) is 32.3 Å². The lowest BCUT2D eigenvalue weighted by molar-refractivity contribution is 0.0596. The highest BCUT2D eigenvalue weighted by Crippen LogP contribution is 2.39. The maximum absolute atomic E-state index is 12.3. The lowest BCUT2D eigenvalue weighted by atomic mass is 9.97. The van der Waals surface area contributed by atoms with Crippen molar-refractivity contribution in [1.82, 2.24) is 4.98 Å². The number of carbonyl (C=O) groups is 1. The molecule has 25 heavy (non-hydrogen) atoms. The third kappa shape index (κ3) is 2.82. The number of ether oxygens (including phenoxy) is 3. The molecule has 130 valence electrons. The molecule has 3 aromatic rings. The number of hydrogen-bond acceptors (Lipinski definition) is 4. The fraction of sp³-hybridized carbons (Fsp3) is 0.250. The van der Waals surface area contributed by atoms with Gasteiger partial charge in [-0.05, 0) is 36.6 Å². The van der Waals surface area contributed by atoms with Crippen molar-refractivity contribution >= 4 is 16.9 Å². The first-order chi connectivity index (χ1) is 12.0. The molecule has 0 unspecified atom stereocenters. The van der Waals surface area contributed by atoms with Gasteiger partial charge in [-0.25, -0.2) is 4.79 Å². The van der Waals surface area contributed by atoms with Crippen LogP contribution in [0.25, 0.3) is 22.0 Å². The molecule has 1 aromatic heterocycles. The molecular weight excluding hydrogens is 318 g/mol. The molecule has 0 radical (unpaired) electrons. The maximum Gasteiger partial charge on any atom is 0.355 e. The SMILES string of the molecule is COC(=O)c1[nH]c2cc(OC)c(OC)cc2c1-c1ccc(C)c(C)c1. The fourth-order valence-electron chi connectivity index (χ4n) is 2.97. The summed E-state index contributed by atoms with van der Waals surface area (Å²) in [5.41, 5.74) is 5.29. The maximum atomic E-state index is 12.3. The summed E-state index contributed by atoms with van der Waals surface area (Å²) in [6, 6.07) is 9.83. The zero-order valence-corrected chi connectivity index (χ0v) is 15.0. The van der Waals surface area contributed by atoms with Crippen molar-refractivity contribution in [3.05, 3.63) is 47.2 Å². The van der Waals surface area contributed by atoms with Gasteiger partial charge in [-0.2, -0.15) is 0 Å². The van der Waals surface area contributed by atoms with E-state index in [0.29, 0.717) is 17.2 Å². The predicted molar refractivity (Wildman–Crippen MR) is 97.7 cm³/mol. The Morgan fingerprint density at radius 1 is 0.920 bits per heavy atom. The first-order valence-electron chi connectivity index (χ1n) is 7.93. The van der Waals surface area contributed by atoms with Crippen molar-refractivity contribution < 1.29 is 19.0 Å². The smallest absolute Gasteiger partial charge is 0.355 e. The average molecular weight is 339 g/mol. The molecule has 0 atom stereocenters. The zero-order valence-electron chi connectivity index (χ0n) is 15.0. The average Bonchev–Trinajstić information content (AvgIpc) is 3.00. The monoisotopic (exact) mass is 339 g/mol. The third-order valence-electron chi connectivity index (χ3n) is 4.49. The summed E-state index contributed by atoms with van der Waals surface area (Å²) in [7, 11) is 4.55.